The highest BCUT2D eigenvalue weighted by atomic mass is 32.2. The predicted octanol–water partition coefficient (Wildman–Crippen LogP) is 4.81. The summed E-state index contributed by atoms with van der Waals surface area (Å²) in [7, 11) is 6.51. The highest BCUT2D eigenvalue weighted by molar-refractivity contribution is 7.98. The highest BCUT2D eigenvalue weighted by Crippen LogP contribution is 2.50. The third-order valence-corrected chi connectivity index (χ3v) is 9.65. The van der Waals surface area contributed by atoms with Gasteiger partial charge in [0.2, 0.25) is 23.0 Å². The Balaban J connectivity index is 1.61. The molecule has 3 atom stereocenters. The van der Waals surface area contributed by atoms with Gasteiger partial charge in [-0.1, -0.05) is 26.3 Å². The van der Waals surface area contributed by atoms with Crippen LogP contribution in [0.3, 0.4) is 0 Å². The lowest BCUT2D eigenvalue weighted by molar-refractivity contribution is -0.120. The number of nitrogens with zero attached hydrogens (tertiary/aromatic N) is 2. The Bertz CT molecular complexity index is 1690. The van der Waals surface area contributed by atoms with Gasteiger partial charge >= 0.3 is 0 Å². The van der Waals surface area contributed by atoms with Crippen molar-refractivity contribution in [3.63, 3.8) is 0 Å². The van der Waals surface area contributed by atoms with E-state index in [4.69, 9.17) is 14.2 Å². The first-order valence-electron chi connectivity index (χ1n) is 15.1. The molecule has 0 spiro atoms. The van der Waals surface area contributed by atoms with Crippen LogP contribution in [0.25, 0.3) is 11.1 Å². The Kier molecular flexibility index (Phi) is 9.62. The van der Waals surface area contributed by atoms with Crippen molar-refractivity contribution in [2.75, 3.05) is 32.0 Å². The number of aryl methyl sites for hydroxylation is 2. The Morgan fingerprint density at radius 2 is 1.87 bits per heavy atom. The summed E-state index contributed by atoms with van der Waals surface area (Å²) in [5, 5.41) is 14.0. The van der Waals surface area contributed by atoms with E-state index in [0.717, 1.165) is 39.5 Å². The zero-order valence-electron chi connectivity index (χ0n) is 26.8. The maximum atomic E-state index is 13.9. The minimum absolute atomic E-state index is 0.0898. The third kappa shape index (κ3) is 6.20. The van der Waals surface area contributed by atoms with Crippen LogP contribution in [-0.2, 0) is 34.6 Å². The number of amides is 2. The van der Waals surface area contributed by atoms with Gasteiger partial charge in [0.1, 0.15) is 11.9 Å². The summed E-state index contributed by atoms with van der Waals surface area (Å²) in [4.78, 5) is 40.0. The molecule has 240 valence electrons. The average molecular weight is 636 g/mol. The number of nitrogens with one attached hydrogen (secondary N) is 3. The molecule has 2 amide bonds. The smallest absolute Gasteiger partial charge is 0.248 e. The van der Waals surface area contributed by atoms with Gasteiger partial charge in [-0.05, 0) is 53.6 Å². The first-order valence-corrected chi connectivity index (χ1v) is 16.2. The van der Waals surface area contributed by atoms with Crippen LogP contribution in [0.1, 0.15) is 62.0 Å². The minimum Gasteiger partial charge on any atom is -0.493 e. The molecule has 5 rings (SSSR count). The average Bonchev–Trinajstić information content (AvgIpc) is 3.50. The van der Waals surface area contributed by atoms with Crippen LogP contribution in [0, 0.1) is 5.92 Å². The van der Waals surface area contributed by atoms with Gasteiger partial charge < -0.3 is 30.2 Å². The topological polar surface area (TPSA) is 133 Å². The number of methoxy groups -OCH3 is 3. The van der Waals surface area contributed by atoms with E-state index in [1.54, 1.807) is 49.9 Å². The number of carbonyl (C=O) groups is 2. The van der Waals surface area contributed by atoms with Gasteiger partial charge in [0.05, 0.1) is 38.8 Å². The third-order valence-electron chi connectivity index (χ3n) is 8.68. The van der Waals surface area contributed by atoms with Crippen molar-refractivity contribution in [1.29, 1.82) is 0 Å². The molecule has 0 radical (unpaired) electrons. The van der Waals surface area contributed by atoms with Gasteiger partial charge in [0.15, 0.2) is 11.5 Å². The molecule has 3 aromatic rings. The van der Waals surface area contributed by atoms with Crippen LogP contribution in [0.4, 0.5) is 11.5 Å². The molecule has 3 N–H and O–H groups in total. The number of benzene rings is 1. The van der Waals surface area contributed by atoms with E-state index in [1.165, 1.54) is 6.92 Å². The first-order chi connectivity index (χ1) is 21.6. The number of carbonyl (C=O) groups excluding carboxylic acids is 2. The number of ether oxygens (including phenoxy) is 3. The molecule has 11 nitrogen and oxygen atoms in total. The van der Waals surface area contributed by atoms with Crippen molar-refractivity contribution in [3.05, 3.63) is 56.9 Å². The molecular formula is C33H41N5O6S. The fourth-order valence-corrected chi connectivity index (χ4v) is 7.22. The second-order valence-electron chi connectivity index (χ2n) is 11.5. The summed E-state index contributed by atoms with van der Waals surface area (Å²) in [6.07, 6.45) is 1.86. The van der Waals surface area contributed by atoms with Gasteiger partial charge in [-0.25, -0.2) is 0 Å². The van der Waals surface area contributed by atoms with Crippen LogP contribution in [-0.4, -0.2) is 49.0 Å². The lowest BCUT2D eigenvalue weighted by Crippen LogP contribution is -2.41. The van der Waals surface area contributed by atoms with Crippen LogP contribution < -0.4 is 35.6 Å². The normalized spacial score (nSPS) is 16.3. The lowest BCUT2D eigenvalue weighted by atomic mass is 9.95. The summed E-state index contributed by atoms with van der Waals surface area (Å²) in [5.74, 6) is 3.21. The zero-order chi connectivity index (χ0) is 32.4. The van der Waals surface area contributed by atoms with Crippen molar-refractivity contribution in [2.45, 2.75) is 63.6 Å². The van der Waals surface area contributed by atoms with Crippen molar-refractivity contribution < 1.29 is 23.8 Å². The number of aromatic nitrogens is 2. The molecule has 1 aromatic heterocycles. The number of fused-ring (bicyclic) bond motifs is 4. The monoisotopic (exact) mass is 635 g/mol. The van der Waals surface area contributed by atoms with Crippen molar-refractivity contribution in [1.82, 2.24) is 15.1 Å². The van der Waals surface area contributed by atoms with E-state index in [0.29, 0.717) is 47.9 Å². The molecule has 0 bridgehead atoms. The fraction of sp³-hybridized carbons (Fsp3) is 0.455. The molecule has 0 fully saturated rings. The maximum absolute atomic E-state index is 13.9. The van der Waals surface area contributed by atoms with E-state index in [-0.39, 0.29) is 28.8 Å². The van der Waals surface area contributed by atoms with Crippen LogP contribution in [0.5, 0.6) is 17.2 Å². The van der Waals surface area contributed by atoms with Crippen LogP contribution >= 0.6 is 11.8 Å². The van der Waals surface area contributed by atoms with Gasteiger partial charge in [0, 0.05) is 36.6 Å². The zero-order valence-corrected chi connectivity index (χ0v) is 27.6. The van der Waals surface area contributed by atoms with Crippen molar-refractivity contribution in [3.8, 4) is 28.4 Å². The number of thioether (sulfide) groups is 1. The molecule has 2 aliphatic rings. The molecule has 0 unspecified atom stereocenters. The van der Waals surface area contributed by atoms with Gasteiger partial charge in [-0.15, -0.1) is 0 Å². The summed E-state index contributed by atoms with van der Waals surface area (Å²) in [5.41, 5.74) is 5.08. The fourth-order valence-electron chi connectivity index (χ4n) is 6.19. The molecule has 12 heteroatoms. The number of hydrogen-bond acceptors (Lipinski definition) is 9. The largest absolute Gasteiger partial charge is 0.493 e. The van der Waals surface area contributed by atoms with E-state index < -0.39 is 12.1 Å². The number of anilines is 2. The minimum atomic E-state index is -0.693. The molecule has 2 aromatic carbocycles. The SMILES string of the molecule is CC[C@H](C)[C@@H](Nc1ccc2c(cc1=O)[C@H](NC(C)=O)CCc1cc(OC)c(OC)c(OC)c1-2)C(=O)Nc1c2c(nn1C)CSC2. The molecule has 1 aliphatic carbocycles. The summed E-state index contributed by atoms with van der Waals surface area (Å²) in [6, 6.07) is 5.90. The molecule has 0 saturated heterocycles. The standard InChI is InChI=1S/C33H41N5O6S/c1-8-17(2)29(33(41)36-32-22-15-45-16-25(22)37-38(32)4)35-24-12-10-20-21(14-26(24)40)23(34-18(3)39)11-9-19-13-27(42-5)30(43-6)31(44-7)28(19)20/h10,12-14,17,23,29H,8-9,11,15-16H2,1-7H3,(H,34,39)(H,35,40)(H,36,41)/t17-,23+,29+/m0/s1. The van der Waals surface area contributed by atoms with Crippen molar-refractivity contribution in [2.24, 2.45) is 13.0 Å². The Morgan fingerprint density at radius 3 is 2.53 bits per heavy atom. The van der Waals surface area contributed by atoms with Gasteiger partial charge in [-0.2, -0.15) is 16.9 Å². The van der Waals surface area contributed by atoms with E-state index >= 15 is 0 Å². The first kappa shape index (κ1) is 32.2. The van der Waals surface area contributed by atoms with Crippen LogP contribution in [0.15, 0.2) is 29.1 Å². The quantitative estimate of drug-likeness (QED) is 0.287. The molecular weight excluding hydrogens is 594 g/mol. The second-order valence-corrected chi connectivity index (χ2v) is 12.5. The van der Waals surface area contributed by atoms with E-state index in [1.807, 2.05) is 33.0 Å². The Hall–Kier alpha value is -4.19. The Labute approximate surface area is 267 Å². The molecule has 0 saturated carbocycles. The number of rotatable bonds is 10. The maximum Gasteiger partial charge on any atom is 0.248 e. The van der Waals surface area contributed by atoms with Gasteiger partial charge in [0.25, 0.3) is 0 Å². The summed E-state index contributed by atoms with van der Waals surface area (Å²) >= 11 is 1.77. The predicted molar refractivity (Wildman–Crippen MR) is 176 cm³/mol. The van der Waals surface area contributed by atoms with Crippen LogP contribution in [0.2, 0.25) is 0 Å². The summed E-state index contributed by atoms with van der Waals surface area (Å²) in [6.45, 7) is 5.46. The Morgan fingerprint density at radius 1 is 1.11 bits per heavy atom. The molecule has 45 heavy (non-hydrogen) atoms. The highest BCUT2D eigenvalue weighted by Gasteiger charge is 2.31. The lowest BCUT2D eigenvalue weighted by Gasteiger charge is -2.24. The second kappa shape index (κ2) is 13.4. The van der Waals surface area contributed by atoms with E-state index in [9.17, 15) is 14.4 Å². The van der Waals surface area contributed by atoms with Gasteiger partial charge in [-0.3, -0.25) is 19.1 Å². The van der Waals surface area contributed by atoms with Crippen molar-refractivity contribution >= 4 is 35.1 Å². The molecule has 1 aliphatic heterocycles. The molecule has 2 heterocycles. The number of hydrogen-bond donors (Lipinski definition) is 3. The summed E-state index contributed by atoms with van der Waals surface area (Å²) < 4.78 is 18.9. The van der Waals surface area contributed by atoms with E-state index in [2.05, 4.69) is 21.0 Å².